The Bertz CT molecular complexity index is 730. The zero-order valence-corrected chi connectivity index (χ0v) is 13.0. The van der Waals surface area contributed by atoms with E-state index < -0.39 is 0 Å². The number of nitrogens with zero attached hydrogens (tertiary/aromatic N) is 3. The molecule has 2 heterocycles. The lowest BCUT2D eigenvalue weighted by atomic mass is 10.1. The first-order chi connectivity index (χ1) is 10.2. The Morgan fingerprint density at radius 3 is 2.90 bits per heavy atom. The Morgan fingerprint density at radius 2 is 2.05 bits per heavy atom. The summed E-state index contributed by atoms with van der Waals surface area (Å²) in [5, 5.41) is 15.1. The third-order valence-electron chi connectivity index (χ3n) is 3.17. The van der Waals surface area contributed by atoms with E-state index in [4.69, 9.17) is 0 Å². The summed E-state index contributed by atoms with van der Waals surface area (Å²) >= 11 is 1.64. The van der Waals surface area contributed by atoms with Crippen molar-refractivity contribution in [1.82, 2.24) is 20.5 Å². The smallest absolute Gasteiger partial charge is 0.148 e. The fourth-order valence-electron chi connectivity index (χ4n) is 2.19. The number of benzene rings is 1. The van der Waals surface area contributed by atoms with E-state index in [1.54, 1.807) is 11.3 Å². The highest BCUT2D eigenvalue weighted by Gasteiger charge is 2.10. The molecule has 0 aliphatic rings. The van der Waals surface area contributed by atoms with Gasteiger partial charge < -0.3 is 5.32 Å². The van der Waals surface area contributed by atoms with Gasteiger partial charge in [-0.3, -0.25) is 4.98 Å². The molecule has 21 heavy (non-hydrogen) atoms. The highest BCUT2D eigenvalue weighted by atomic mass is 32.1. The molecule has 0 unspecified atom stereocenters. The van der Waals surface area contributed by atoms with Gasteiger partial charge in [0.2, 0.25) is 0 Å². The van der Waals surface area contributed by atoms with Crippen LogP contribution in [0.1, 0.15) is 18.9 Å². The molecule has 2 aromatic heterocycles. The molecule has 1 aromatic carbocycles. The van der Waals surface area contributed by atoms with E-state index in [2.05, 4.69) is 46.5 Å². The van der Waals surface area contributed by atoms with E-state index in [9.17, 15) is 0 Å². The normalized spacial score (nSPS) is 11.4. The van der Waals surface area contributed by atoms with Gasteiger partial charge in [0.1, 0.15) is 10.0 Å². The molecule has 0 radical (unpaired) electrons. The zero-order chi connectivity index (χ0) is 14.7. The fraction of sp³-hybridized carbons (Fsp3) is 0.312. The summed E-state index contributed by atoms with van der Waals surface area (Å²) in [5.41, 5.74) is 2.10. The average molecular weight is 298 g/mol. The molecule has 3 rings (SSSR count). The lowest BCUT2D eigenvalue weighted by molar-refractivity contribution is 0.550. The molecular formula is C16H18N4S. The lowest BCUT2D eigenvalue weighted by Crippen LogP contribution is -2.18. The van der Waals surface area contributed by atoms with Gasteiger partial charge in [-0.05, 0) is 24.6 Å². The molecule has 0 bridgehead atoms. The van der Waals surface area contributed by atoms with Crippen LogP contribution in [0.3, 0.4) is 0 Å². The first kappa shape index (κ1) is 14.1. The van der Waals surface area contributed by atoms with Gasteiger partial charge >= 0.3 is 0 Å². The minimum atomic E-state index is 0.640. The fourth-order valence-corrected chi connectivity index (χ4v) is 3.04. The van der Waals surface area contributed by atoms with E-state index in [1.807, 2.05) is 24.4 Å². The zero-order valence-electron chi connectivity index (χ0n) is 12.2. The maximum atomic E-state index is 4.39. The van der Waals surface area contributed by atoms with Gasteiger partial charge in [-0.2, -0.15) is 0 Å². The van der Waals surface area contributed by atoms with Crippen LogP contribution in [-0.4, -0.2) is 21.7 Å². The van der Waals surface area contributed by atoms with Crippen molar-refractivity contribution in [1.29, 1.82) is 0 Å². The average Bonchev–Trinajstić information content (AvgIpc) is 2.95. The Balaban J connectivity index is 1.85. The van der Waals surface area contributed by atoms with Crippen LogP contribution in [-0.2, 0) is 6.54 Å². The molecule has 4 nitrogen and oxygen atoms in total. The number of hydrogen-bond donors (Lipinski definition) is 1. The molecule has 0 saturated heterocycles. The van der Waals surface area contributed by atoms with Crippen LogP contribution in [0, 0.1) is 5.92 Å². The molecule has 0 aliphatic heterocycles. The van der Waals surface area contributed by atoms with Crippen molar-refractivity contribution >= 4 is 22.2 Å². The van der Waals surface area contributed by atoms with E-state index in [1.165, 1.54) is 0 Å². The molecule has 108 valence electrons. The molecule has 1 N–H and O–H groups in total. The molecule has 0 spiro atoms. The molecule has 0 fully saturated rings. The van der Waals surface area contributed by atoms with Crippen LogP contribution in [0.25, 0.3) is 21.5 Å². The molecule has 5 heteroatoms. The predicted octanol–water partition coefficient (Wildman–Crippen LogP) is 3.50. The van der Waals surface area contributed by atoms with Crippen molar-refractivity contribution in [3.05, 3.63) is 41.5 Å². The number of fused-ring (bicyclic) bond motifs is 1. The summed E-state index contributed by atoms with van der Waals surface area (Å²) in [6.07, 6.45) is 1.81. The van der Waals surface area contributed by atoms with Crippen LogP contribution in [0.5, 0.6) is 0 Å². The summed E-state index contributed by atoms with van der Waals surface area (Å²) in [7, 11) is 0. The summed E-state index contributed by atoms with van der Waals surface area (Å²) in [4.78, 5) is 4.39. The van der Waals surface area contributed by atoms with Crippen LogP contribution in [0.2, 0.25) is 0 Å². The monoisotopic (exact) mass is 298 g/mol. The number of aromatic nitrogens is 3. The van der Waals surface area contributed by atoms with E-state index >= 15 is 0 Å². The molecule has 0 aliphatic carbocycles. The van der Waals surface area contributed by atoms with Crippen molar-refractivity contribution in [2.45, 2.75) is 20.4 Å². The topological polar surface area (TPSA) is 50.7 Å². The first-order valence-corrected chi connectivity index (χ1v) is 7.93. The SMILES string of the molecule is CC(C)CNCc1nnc(-c2cccc3ncccc23)s1. The minimum absolute atomic E-state index is 0.640. The third-order valence-corrected chi connectivity index (χ3v) is 4.13. The van der Waals surface area contributed by atoms with Gasteiger partial charge in [0, 0.05) is 23.7 Å². The molecule has 0 atom stereocenters. The summed E-state index contributed by atoms with van der Waals surface area (Å²) in [6.45, 7) is 6.16. The Labute approximate surface area is 128 Å². The molecular weight excluding hydrogens is 280 g/mol. The van der Waals surface area contributed by atoms with Crippen molar-refractivity contribution in [3.8, 4) is 10.6 Å². The van der Waals surface area contributed by atoms with Gasteiger partial charge in [-0.25, -0.2) is 0 Å². The summed E-state index contributed by atoms with van der Waals surface area (Å²) in [5.74, 6) is 0.640. The van der Waals surface area contributed by atoms with Crippen LogP contribution >= 0.6 is 11.3 Å². The van der Waals surface area contributed by atoms with Gasteiger partial charge in [0.15, 0.2) is 0 Å². The molecule has 3 aromatic rings. The van der Waals surface area contributed by atoms with Crippen molar-refractivity contribution in [2.75, 3.05) is 6.54 Å². The Morgan fingerprint density at radius 1 is 1.14 bits per heavy atom. The summed E-state index contributed by atoms with van der Waals surface area (Å²) in [6, 6.07) is 10.2. The number of hydrogen-bond acceptors (Lipinski definition) is 5. The number of rotatable bonds is 5. The van der Waals surface area contributed by atoms with Crippen molar-refractivity contribution < 1.29 is 0 Å². The highest BCUT2D eigenvalue weighted by molar-refractivity contribution is 7.14. The van der Waals surface area contributed by atoms with Crippen LogP contribution in [0.15, 0.2) is 36.5 Å². The van der Waals surface area contributed by atoms with Gasteiger partial charge in [-0.1, -0.05) is 43.4 Å². The molecule has 0 saturated carbocycles. The lowest BCUT2D eigenvalue weighted by Gasteiger charge is -2.04. The quantitative estimate of drug-likeness (QED) is 0.783. The van der Waals surface area contributed by atoms with Crippen LogP contribution in [0.4, 0.5) is 0 Å². The maximum absolute atomic E-state index is 4.39. The number of nitrogens with one attached hydrogen (secondary N) is 1. The Kier molecular flexibility index (Phi) is 4.22. The second-order valence-electron chi connectivity index (χ2n) is 5.40. The third kappa shape index (κ3) is 3.25. The molecule has 0 amide bonds. The first-order valence-electron chi connectivity index (χ1n) is 7.11. The van der Waals surface area contributed by atoms with E-state index in [0.717, 1.165) is 39.6 Å². The minimum Gasteiger partial charge on any atom is -0.310 e. The van der Waals surface area contributed by atoms with Gasteiger partial charge in [0.05, 0.1) is 5.52 Å². The van der Waals surface area contributed by atoms with Crippen LogP contribution < -0.4 is 5.32 Å². The number of pyridine rings is 1. The standard InChI is InChI=1S/C16H18N4S/c1-11(2)9-17-10-15-19-20-16(21-15)13-5-3-7-14-12(13)6-4-8-18-14/h3-8,11,17H,9-10H2,1-2H3. The van der Waals surface area contributed by atoms with Gasteiger partial charge in [0.25, 0.3) is 0 Å². The predicted molar refractivity (Wildman–Crippen MR) is 87.2 cm³/mol. The Hall–Kier alpha value is -1.85. The second kappa shape index (κ2) is 6.28. The second-order valence-corrected chi connectivity index (χ2v) is 6.46. The maximum Gasteiger partial charge on any atom is 0.148 e. The van der Waals surface area contributed by atoms with Gasteiger partial charge in [-0.15, -0.1) is 10.2 Å². The van der Waals surface area contributed by atoms with E-state index in [-0.39, 0.29) is 0 Å². The highest BCUT2D eigenvalue weighted by Crippen LogP contribution is 2.29. The largest absolute Gasteiger partial charge is 0.310 e. The van der Waals surface area contributed by atoms with E-state index in [0.29, 0.717) is 5.92 Å². The van der Waals surface area contributed by atoms with Crippen molar-refractivity contribution in [2.24, 2.45) is 5.92 Å². The summed E-state index contributed by atoms with van der Waals surface area (Å²) < 4.78 is 0. The van der Waals surface area contributed by atoms with Crippen molar-refractivity contribution in [3.63, 3.8) is 0 Å².